The van der Waals surface area contributed by atoms with Crippen LogP contribution in [0.1, 0.15) is 54.2 Å². The third kappa shape index (κ3) is 6.06. The van der Waals surface area contributed by atoms with Gasteiger partial charge in [-0.1, -0.05) is 91.0 Å². The third-order valence-corrected chi connectivity index (χ3v) is 9.21. The van der Waals surface area contributed by atoms with Crippen molar-refractivity contribution in [3.63, 3.8) is 0 Å². The number of carbonyl (C=O) groups is 3. The molecule has 2 aliphatic rings. The maximum Gasteiger partial charge on any atom is 0.411 e. The molecule has 0 aromatic heterocycles. The molecule has 1 heterocycles. The Morgan fingerprint density at radius 1 is 0.870 bits per heavy atom. The van der Waals surface area contributed by atoms with E-state index in [0.717, 1.165) is 27.8 Å². The predicted octanol–water partition coefficient (Wildman–Crippen LogP) is 6.64. The van der Waals surface area contributed by atoms with Gasteiger partial charge in [0.15, 0.2) is 6.10 Å². The van der Waals surface area contributed by atoms with Gasteiger partial charge in [-0.3, -0.25) is 14.6 Å². The maximum absolute atomic E-state index is 13.2. The van der Waals surface area contributed by atoms with E-state index in [2.05, 4.69) is 5.32 Å². The zero-order chi connectivity index (χ0) is 32.4. The Balaban J connectivity index is 1.06. The van der Waals surface area contributed by atoms with Crippen molar-refractivity contribution in [3.8, 4) is 11.1 Å². The molecule has 4 aromatic carbocycles. The summed E-state index contributed by atoms with van der Waals surface area (Å²) < 4.78 is 5.94. The standard InChI is InChI=1S/C37H37N3O6/c1-23(39(2)37(45)46-34-30-14-8-6-12-28(30)29-13-7-9-15-31(29)34)35(42)38-26-18-16-24(17-19-26)22-27-20-21-32(40(27)36(43)44)33(41)25-10-4-3-5-11-25/h3-19,23,27,32-34,41H,20-22H2,1-2H3,(H,38,42)(H,43,44)/t23-,27-,32+,33?/m0/s1. The number of aliphatic hydroxyl groups excluding tert-OH is 1. The summed E-state index contributed by atoms with van der Waals surface area (Å²) in [6.45, 7) is 1.64. The Hall–Kier alpha value is -5.15. The van der Waals surface area contributed by atoms with Crippen molar-refractivity contribution < 1.29 is 29.3 Å². The summed E-state index contributed by atoms with van der Waals surface area (Å²) in [6, 6.07) is 30.4. The lowest BCUT2D eigenvalue weighted by Crippen LogP contribution is -2.44. The second kappa shape index (κ2) is 13.1. The van der Waals surface area contributed by atoms with Crippen LogP contribution in [0.4, 0.5) is 15.3 Å². The van der Waals surface area contributed by atoms with Crippen LogP contribution in [-0.2, 0) is 16.0 Å². The molecule has 0 spiro atoms. The zero-order valence-corrected chi connectivity index (χ0v) is 25.7. The van der Waals surface area contributed by atoms with E-state index < -0.39 is 36.5 Å². The van der Waals surface area contributed by atoms with Crippen LogP contribution in [0.3, 0.4) is 0 Å². The number of benzene rings is 4. The first kappa shape index (κ1) is 30.9. The lowest BCUT2D eigenvalue weighted by Gasteiger charge is -2.31. The van der Waals surface area contributed by atoms with Crippen molar-refractivity contribution in [2.45, 2.75) is 56.5 Å². The van der Waals surface area contributed by atoms with E-state index in [4.69, 9.17) is 4.74 Å². The van der Waals surface area contributed by atoms with Gasteiger partial charge >= 0.3 is 12.2 Å². The van der Waals surface area contributed by atoms with Crippen LogP contribution in [0.25, 0.3) is 11.1 Å². The third-order valence-electron chi connectivity index (χ3n) is 9.21. The number of likely N-dealkylation sites (tertiary alicyclic amines) is 1. The number of ether oxygens (including phenoxy) is 1. The van der Waals surface area contributed by atoms with Gasteiger partial charge in [0.1, 0.15) is 6.04 Å². The van der Waals surface area contributed by atoms with Crippen LogP contribution in [-0.4, -0.2) is 63.3 Å². The summed E-state index contributed by atoms with van der Waals surface area (Å²) in [6.07, 6.45) is -1.43. The molecule has 3 amide bonds. The second-order valence-corrected chi connectivity index (χ2v) is 12.0. The molecule has 236 valence electrons. The summed E-state index contributed by atoms with van der Waals surface area (Å²) >= 11 is 0. The highest BCUT2D eigenvalue weighted by Gasteiger charge is 2.41. The van der Waals surface area contributed by atoms with Crippen molar-refractivity contribution in [1.82, 2.24) is 9.80 Å². The fraction of sp³-hybridized carbons (Fsp3) is 0.270. The van der Waals surface area contributed by atoms with Crippen molar-refractivity contribution in [1.29, 1.82) is 0 Å². The van der Waals surface area contributed by atoms with Crippen LogP contribution in [0.15, 0.2) is 103 Å². The second-order valence-electron chi connectivity index (χ2n) is 12.0. The van der Waals surface area contributed by atoms with Crippen LogP contribution in [0, 0.1) is 0 Å². The number of likely N-dealkylation sites (N-methyl/N-ethyl adjacent to an activating group) is 1. The van der Waals surface area contributed by atoms with Gasteiger partial charge in [0.2, 0.25) is 5.91 Å². The molecule has 9 nitrogen and oxygen atoms in total. The van der Waals surface area contributed by atoms with Gasteiger partial charge in [-0.15, -0.1) is 0 Å². The van der Waals surface area contributed by atoms with E-state index in [9.17, 15) is 24.6 Å². The first-order valence-corrected chi connectivity index (χ1v) is 15.5. The largest absolute Gasteiger partial charge is 0.465 e. The Morgan fingerprint density at radius 3 is 2.07 bits per heavy atom. The molecule has 9 heteroatoms. The zero-order valence-electron chi connectivity index (χ0n) is 25.7. The van der Waals surface area contributed by atoms with E-state index in [1.54, 1.807) is 38.2 Å². The van der Waals surface area contributed by atoms with Crippen molar-refractivity contribution in [3.05, 3.63) is 125 Å². The Morgan fingerprint density at radius 2 is 1.46 bits per heavy atom. The molecule has 0 radical (unpaired) electrons. The van der Waals surface area contributed by atoms with E-state index in [1.807, 2.05) is 78.9 Å². The van der Waals surface area contributed by atoms with Crippen molar-refractivity contribution >= 4 is 23.8 Å². The number of fused-ring (bicyclic) bond motifs is 3. The number of anilines is 1. The SMILES string of the molecule is C[C@@H](C(=O)Nc1ccc(C[C@@H]2CC[C@H](C(O)c3ccccc3)N2C(=O)O)cc1)N(C)C(=O)OC1c2ccccc2-c2ccccc21. The number of nitrogens with one attached hydrogen (secondary N) is 1. The van der Waals surface area contributed by atoms with Gasteiger partial charge in [-0.05, 0) is 60.6 Å². The topological polar surface area (TPSA) is 119 Å². The minimum Gasteiger partial charge on any atom is -0.465 e. The summed E-state index contributed by atoms with van der Waals surface area (Å²) in [4.78, 5) is 41.2. The minimum atomic E-state index is -1.05. The quantitative estimate of drug-likeness (QED) is 0.204. The number of aliphatic hydroxyl groups is 1. The highest BCUT2D eigenvalue weighted by molar-refractivity contribution is 5.96. The van der Waals surface area contributed by atoms with Crippen LogP contribution >= 0.6 is 0 Å². The number of hydrogen-bond donors (Lipinski definition) is 3. The number of hydrogen-bond acceptors (Lipinski definition) is 5. The fourth-order valence-electron chi connectivity index (χ4n) is 6.59. The van der Waals surface area contributed by atoms with E-state index in [-0.39, 0.29) is 11.9 Å². The Kier molecular flexibility index (Phi) is 8.76. The molecule has 1 saturated heterocycles. The van der Waals surface area contributed by atoms with Gasteiger partial charge in [-0.25, -0.2) is 9.59 Å². The molecule has 4 aromatic rings. The van der Waals surface area contributed by atoms with Crippen LogP contribution < -0.4 is 5.32 Å². The monoisotopic (exact) mass is 619 g/mol. The van der Waals surface area contributed by atoms with Gasteiger partial charge in [0.25, 0.3) is 0 Å². The highest BCUT2D eigenvalue weighted by Crippen LogP contribution is 2.45. The smallest absolute Gasteiger partial charge is 0.411 e. The van der Waals surface area contributed by atoms with Crippen LogP contribution in [0.5, 0.6) is 0 Å². The molecule has 4 atom stereocenters. The number of carbonyl (C=O) groups excluding carboxylic acids is 2. The van der Waals surface area contributed by atoms with Crippen LogP contribution in [0.2, 0.25) is 0 Å². The Bertz CT molecular complexity index is 1680. The number of carboxylic acid groups (broad SMARTS) is 1. The normalized spacial score (nSPS) is 18.3. The average Bonchev–Trinajstić information content (AvgIpc) is 3.64. The number of rotatable bonds is 8. The highest BCUT2D eigenvalue weighted by atomic mass is 16.6. The molecular weight excluding hydrogens is 582 g/mol. The molecule has 6 rings (SSSR count). The van der Waals surface area contributed by atoms with Gasteiger partial charge < -0.3 is 20.3 Å². The Labute approximate surface area is 268 Å². The van der Waals surface area contributed by atoms with E-state index in [1.165, 1.54) is 9.80 Å². The molecule has 1 aliphatic heterocycles. The summed E-state index contributed by atoms with van der Waals surface area (Å²) in [7, 11) is 1.54. The van der Waals surface area contributed by atoms with Crippen molar-refractivity contribution in [2.24, 2.45) is 0 Å². The van der Waals surface area contributed by atoms with Gasteiger partial charge in [0.05, 0.1) is 12.1 Å². The molecule has 1 aliphatic carbocycles. The molecule has 0 bridgehead atoms. The lowest BCUT2D eigenvalue weighted by atomic mass is 10.0. The van der Waals surface area contributed by atoms with Gasteiger partial charge in [0, 0.05) is 29.9 Å². The lowest BCUT2D eigenvalue weighted by molar-refractivity contribution is -0.120. The molecule has 1 fully saturated rings. The first-order valence-electron chi connectivity index (χ1n) is 15.5. The summed E-state index contributed by atoms with van der Waals surface area (Å²) in [5.74, 6) is -0.370. The first-order chi connectivity index (χ1) is 22.2. The predicted molar refractivity (Wildman–Crippen MR) is 174 cm³/mol. The average molecular weight is 620 g/mol. The number of nitrogens with zero attached hydrogens (tertiary/aromatic N) is 2. The summed E-state index contributed by atoms with van der Waals surface area (Å²) in [5.41, 5.74) is 6.04. The van der Waals surface area contributed by atoms with Crippen molar-refractivity contribution in [2.75, 3.05) is 12.4 Å². The molecule has 1 unspecified atom stereocenters. The molecular formula is C37H37N3O6. The van der Waals surface area contributed by atoms with E-state index in [0.29, 0.717) is 30.5 Å². The molecule has 3 N–H and O–H groups in total. The maximum atomic E-state index is 13.2. The fourth-order valence-corrected chi connectivity index (χ4v) is 6.59. The molecule has 0 saturated carbocycles. The van der Waals surface area contributed by atoms with Gasteiger partial charge in [-0.2, -0.15) is 0 Å². The summed E-state index contributed by atoms with van der Waals surface area (Å²) in [5, 5.41) is 23.8. The molecule has 46 heavy (non-hydrogen) atoms. The van der Waals surface area contributed by atoms with E-state index >= 15 is 0 Å². The minimum absolute atomic E-state index is 0.278. The number of amides is 3.